The van der Waals surface area contributed by atoms with Crippen molar-refractivity contribution in [2.75, 3.05) is 33.4 Å². The number of carbonyl (C=O) groups is 6. The standard InChI is InChI=1S/C45H55N5O10/c1-45-19-18-33-32-15-13-31(22-29(32)10-14-34(33)35(45)16-17-38(45)52)60-26-41(55)50-37(21-28-8-11-30(51)12-9-28)43(57)47-23-39(53)46-24-40(54)49-36(20-27-6-4-3-5-7-27)44(58)48-25-42(56)59-2/h3-9,11-13,15,22,33-38,51-52H,10,14,16-21,23-26H2,1-2H3,(H,46,53)(H,47,57)(H,48,58)(H,49,54)(H,50,55)/t33-,34-,35+,36+,37+,38+,45+/m1/s1. The van der Waals surface area contributed by atoms with Crippen LogP contribution in [0.25, 0.3) is 0 Å². The number of methoxy groups -OCH3 is 1. The number of aliphatic hydroxyl groups excluding tert-OH is 1. The summed E-state index contributed by atoms with van der Waals surface area (Å²) in [6.45, 7) is 0.482. The first-order valence-electron chi connectivity index (χ1n) is 20.6. The van der Waals surface area contributed by atoms with Crippen LogP contribution in [0.2, 0.25) is 0 Å². The summed E-state index contributed by atoms with van der Waals surface area (Å²) in [7, 11) is 1.18. The van der Waals surface area contributed by atoms with Crippen molar-refractivity contribution in [2.24, 2.45) is 17.3 Å². The molecule has 15 nitrogen and oxygen atoms in total. The Balaban J connectivity index is 1.00. The largest absolute Gasteiger partial charge is 0.508 e. The first kappa shape index (κ1) is 43.6. The summed E-state index contributed by atoms with van der Waals surface area (Å²) < 4.78 is 10.5. The number of rotatable bonds is 17. The fourth-order valence-corrected chi connectivity index (χ4v) is 9.27. The third-order valence-electron chi connectivity index (χ3n) is 12.5. The minimum atomic E-state index is -1.12. The van der Waals surface area contributed by atoms with Crippen molar-refractivity contribution in [3.05, 3.63) is 95.1 Å². The van der Waals surface area contributed by atoms with Crippen LogP contribution in [0, 0.1) is 17.3 Å². The molecule has 3 aliphatic rings. The lowest BCUT2D eigenvalue weighted by atomic mass is 9.55. The number of fused-ring (bicyclic) bond motifs is 5. The van der Waals surface area contributed by atoms with Gasteiger partial charge in [-0.25, -0.2) is 0 Å². The topological polar surface area (TPSA) is 221 Å². The number of aliphatic hydroxyl groups is 1. The number of hydrogen-bond donors (Lipinski definition) is 7. The van der Waals surface area contributed by atoms with Crippen LogP contribution in [0.5, 0.6) is 11.5 Å². The lowest BCUT2D eigenvalue weighted by Gasteiger charge is -2.50. The number of hydrogen-bond acceptors (Lipinski definition) is 10. The Labute approximate surface area is 349 Å². The number of phenolic OH excluding ortho intramolecular Hbond substituents is 1. The summed E-state index contributed by atoms with van der Waals surface area (Å²) in [5, 5.41) is 33.1. The highest BCUT2D eigenvalue weighted by Crippen LogP contribution is 2.61. The highest BCUT2D eigenvalue weighted by atomic mass is 16.5. The zero-order valence-corrected chi connectivity index (χ0v) is 34.0. The van der Waals surface area contributed by atoms with E-state index in [1.165, 1.54) is 30.4 Å². The summed E-state index contributed by atoms with van der Waals surface area (Å²) in [5.74, 6) is -1.78. The number of aryl methyl sites for hydroxylation is 1. The second kappa shape index (κ2) is 19.9. The van der Waals surface area contributed by atoms with Gasteiger partial charge in [-0.1, -0.05) is 55.5 Å². The molecule has 60 heavy (non-hydrogen) atoms. The molecule has 7 N–H and O–H groups in total. The van der Waals surface area contributed by atoms with E-state index in [2.05, 4.69) is 44.3 Å². The number of carbonyl (C=O) groups excluding carboxylic acids is 6. The first-order valence-corrected chi connectivity index (χ1v) is 20.6. The van der Waals surface area contributed by atoms with E-state index >= 15 is 0 Å². The summed E-state index contributed by atoms with van der Waals surface area (Å²) in [4.78, 5) is 76.6. The molecule has 0 unspecified atom stereocenters. The molecule has 2 saturated carbocycles. The Morgan fingerprint density at radius 1 is 0.750 bits per heavy atom. The quantitative estimate of drug-likeness (QED) is 0.0982. The Morgan fingerprint density at radius 3 is 2.10 bits per heavy atom. The van der Waals surface area contributed by atoms with E-state index < -0.39 is 67.2 Å². The molecule has 0 radical (unpaired) electrons. The monoisotopic (exact) mass is 825 g/mol. The van der Waals surface area contributed by atoms with Gasteiger partial charge in [0.25, 0.3) is 5.91 Å². The van der Waals surface area contributed by atoms with Gasteiger partial charge in [-0.15, -0.1) is 0 Å². The van der Waals surface area contributed by atoms with E-state index in [0.29, 0.717) is 29.1 Å². The normalized spacial score (nSPS) is 22.3. The highest BCUT2D eigenvalue weighted by molar-refractivity contribution is 5.93. The van der Waals surface area contributed by atoms with Gasteiger partial charge in [0.15, 0.2) is 6.61 Å². The van der Waals surface area contributed by atoms with Crippen LogP contribution in [0.1, 0.15) is 67.2 Å². The van der Waals surface area contributed by atoms with Gasteiger partial charge in [-0.2, -0.15) is 0 Å². The molecule has 7 atom stereocenters. The summed E-state index contributed by atoms with van der Waals surface area (Å²) in [6, 6.07) is 18.9. The lowest BCUT2D eigenvalue weighted by molar-refractivity contribution is -0.141. The molecule has 15 heteroatoms. The van der Waals surface area contributed by atoms with Crippen LogP contribution in [-0.4, -0.2) is 97.3 Å². The predicted octanol–water partition coefficient (Wildman–Crippen LogP) is 1.96. The van der Waals surface area contributed by atoms with Crippen molar-refractivity contribution in [3.8, 4) is 11.5 Å². The van der Waals surface area contributed by atoms with Crippen LogP contribution in [-0.2, 0) is 52.8 Å². The third-order valence-corrected chi connectivity index (χ3v) is 12.5. The molecule has 320 valence electrons. The average Bonchev–Trinajstić information content (AvgIpc) is 3.56. The van der Waals surface area contributed by atoms with Crippen molar-refractivity contribution in [3.63, 3.8) is 0 Å². The van der Waals surface area contributed by atoms with Gasteiger partial charge in [-0.3, -0.25) is 28.8 Å². The molecule has 0 spiro atoms. The molecule has 3 aromatic rings. The van der Waals surface area contributed by atoms with Crippen molar-refractivity contribution in [2.45, 2.75) is 82.4 Å². The van der Waals surface area contributed by atoms with Crippen molar-refractivity contribution < 1.29 is 48.5 Å². The Kier molecular flexibility index (Phi) is 14.4. The molecule has 3 aliphatic carbocycles. The van der Waals surface area contributed by atoms with E-state index in [1.807, 2.05) is 12.1 Å². The maximum atomic E-state index is 13.4. The van der Waals surface area contributed by atoms with Crippen LogP contribution < -0.4 is 31.3 Å². The molecule has 0 bridgehead atoms. The SMILES string of the molecule is COC(=O)CNC(=O)[C@H](Cc1ccccc1)NC(=O)CNC(=O)CNC(=O)[C@H](Cc1ccc(O)cc1)NC(=O)COc1ccc2c(c1)CC[C@@H]1[C@@H]2CC[C@]2(C)[C@@H](O)CC[C@@H]12. The average molecular weight is 826 g/mol. The Hall–Kier alpha value is -5.96. The molecule has 2 fully saturated rings. The van der Waals surface area contributed by atoms with Crippen LogP contribution in [0.4, 0.5) is 0 Å². The van der Waals surface area contributed by atoms with Crippen molar-refractivity contribution >= 4 is 35.5 Å². The Morgan fingerprint density at radius 2 is 1.40 bits per heavy atom. The molecular weight excluding hydrogens is 771 g/mol. The van der Waals surface area contributed by atoms with Crippen molar-refractivity contribution in [1.29, 1.82) is 0 Å². The van der Waals surface area contributed by atoms with E-state index in [4.69, 9.17) is 4.74 Å². The maximum Gasteiger partial charge on any atom is 0.325 e. The number of aromatic hydroxyl groups is 1. The number of ether oxygens (including phenoxy) is 2. The van der Waals surface area contributed by atoms with Gasteiger partial charge >= 0.3 is 5.97 Å². The van der Waals surface area contributed by atoms with Crippen molar-refractivity contribution in [1.82, 2.24) is 26.6 Å². The molecule has 5 amide bonds. The smallest absolute Gasteiger partial charge is 0.325 e. The molecule has 0 heterocycles. The molecular formula is C45H55N5O10. The molecule has 6 rings (SSSR count). The van der Waals surface area contributed by atoms with Crippen LogP contribution >= 0.6 is 0 Å². The fraction of sp³-hybridized carbons (Fsp3) is 0.467. The lowest BCUT2D eigenvalue weighted by Crippen LogP contribution is -2.53. The van der Waals surface area contributed by atoms with Gasteiger partial charge in [0.2, 0.25) is 23.6 Å². The summed E-state index contributed by atoms with van der Waals surface area (Å²) in [6.07, 6.45) is 5.90. The highest BCUT2D eigenvalue weighted by Gasteiger charge is 2.54. The minimum Gasteiger partial charge on any atom is -0.508 e. The molecule has 3 aromatic carbocycles. The maximum absolute atomic E-state index is 13.4. The van der Waals surface area contributed by atoms with Gasteiger partial charge in [0, 0.05) is 12.8 Å². The van der Waals surface area contributed by atoms with Gasteiger partial charge < -0.3 is 46.3 Å². The molecule has 0 aromatic heterocycles. The second-order valence-electron chi connectivity index (χ2n) is 16.3. The minimum absolute atomic E-state index is 0.00172. The molecule has 0 saturated heterocycles. The second-order valence-corrected chi connectivity index (χ2v) is 16.3. The van der Waals surface area contributed by atoms with E-state index in [9.17, 15) is 39.0 Å². The summed E-state index contributed by atoms with van der Waals surface area (Å²) >= 11 is 0. The van der Waals surface area contributed by atoms with Crippen LogP contribution in [0.3, 0.4) is 0 Å². The number of amides is 5. The third kappa shape index (κ3) is 11.0. The zero-order chi connectivity index (χ0) is 42.8. The Bertz CT molecular complexity index is 2030. The van der Waals surface area contributed by atoms with Gasteiger partial charge in [0.05, 0.1) is 26.3 Å². The fourth-order valence-electron chi connectivity index (χ4n) is 9.27. The van der Waals surface area contributed by atoms with E-state index in [0.717, 1.165) is 44.1 Å². The number of nitrogens with one attached hydrogen (secondary N) is 5. The summed E-state index contributed by atoms with van der Waals surface area (Å²) in [5.41, 5.74) is 3.93. The molecule has 0 aliphatic heterocycles. The van der Waals surface area contributed by atoms with E-state index in [1.54, 1.807) is 42.5 Å². The number of phenols is 1. The van der Waals surface area contributed by atoms with Gasteiger partial charge in [0.1, 0.15) is 30.1 Å². The van der Waals surface area contributed by atoms with E-state index in [-0.39, 0.29) is 36.7 Å². The number of benzene rings is 3. The first-order chi connectivity index (χ1) is 28.8. The predicted molar refractivity (Wildman–Crippen MR) is 219 cm³/mol. The van der Waals surface area contributed by atoms with Crippen LogP contribution in [0.15, 0.2) is 72.8 Å². The number of esters is 1. The van der Waals surface area contributed by atoms with Gasteiger partial charge in [-0.05, 0) is 108 Å². The zero-order valence-electron chi connectivity index (χ0n) is 34.0.